The van der Waals surface area contributed by atoms with E-state index in [1.807, 2.05) is 13.8 Å². The fourth-order valence-electron chi connectivity index (χ4n) is 1.90. The molecule has 0 aliphatic carbocycles. The zero-order valence-electron chi connectivity index (χ0n) is 12.1. The van der Waals surface area contributed by atoms with Crippen LogP contribution >= 0.6 is 0 Å². The number of aliphatic hydroxyl groups excluding tert-OH is 1. The lowest BCUT2D eigenvalue weighted by atomic mass is 9.88. The van der Waals surface area contributed by atoms with Crippen molar-refractivity contribution in [3.05, 3.63) is 35.4 Å². The van der Waals surface area contributed by atoms with Crippen LogP contribution in [0.15, 0.2) is 24.3 Å². The Bertz CT molecular complexity index is 484. The van der Waals surface area contributed by atoms with E-state index in [1.165, 1.54) is 12.1 Å². The third-order valence-electron chi connectivity index (χ3n) is 3.19. The van der Waals surface area contributed by atoms with Gasteiger partial charge in [-0.3, -0.25) is 4.79 Å². The number of benzene rings is 1. The van der Waals surface area contributed by atoms with Crippen molar-refractivity contribution >= 4 is 5.91 Å². The summed E-state index contributed by atoms with van der Waals surface area (Å²) in [4.78, 5) is 11.9. The number of hydrogen-bond acceptors (Lipinski definition) is 2. The molecule has 0 radical (unpaired) electrons. The molecule has 0 spiro atoms. The second kappa shape index (κ2) is 6.93. The molecule has 3 nitrogen and oxygen atoms in total. The number of rotatable bonds is 6. The molecule has 0 unspecified atom stereocenters. The minimum Gasteiger partial charge on any atom is -0.396 e. The van der Waals surface area contributed by atoms with Gasteiger partial charge >= 0.3 is 6.18 Å². The van der Waals surface area contributed by atoms with Crippen LogP contribution in [-0.4, -0.2) is 24.2 Å². The quantitative estimate of drug-likeness (QED) is 0.847. The Balaban J connectivity index is 2.68. The highest BCUT2D eigenvalue weighted by atomic mass is 19.4. The van der Waals surface area contributed by atoms with Gasteiger partial charge < -0.3 is 10.4 Å². The van der Waals surface area contributed by atoms with E-state index in [-0.39, 0.29) is 17.6 Å². The predicted octanol–water partition coefficient (Wildman–Crippen LogP) is 3.23. The summed E-state index contributed by atoms with van der Waals surface area (Å²) >= 11 is 0. The van der Waals surface area contributed by atoms with Crippen LogP contribution in [0, 0.1) is 5.41 Å². The molecule has 1 aromatic rings. The summed E-state index contributed by atoms with van der Waals surface area (Å²) in [5.41, 5.74) is -1.07. The summed E-state index contributed by atoms with van der Waals surface area (Å²) < 4.78 is 37.8. The Morgan fingerprint density at radius 2 is 1.95 bits per heavy atom. The smallest absolute Gasteiger partial charge is 0.396 e. The lowest BCUT2D eigenvalue weighted by Gasteiger charge is -2.24. The first-order chi connectivity index (χ1) is 9.65. The summed E-state index contributed by atoms with van der Waals surface area (Å²) in [5, 5.41) is 11.4. The number of halogens is 3. The number of amides is 1. The minimum absolute atomic E-state index is 0.0113. The average molecular weight is 303 g/mol. The van der Waals surface area contributed by atoms with Gasteiger partial charge in [0, 0.05) is 18.7 Å². The molecule has 1 aromatic carbocycles. The maximum Gasteiger partial charge on any atom is 0.416 e. The molecule has 6 heteroatoms. The molecule has 118 valence electrons. The van der Waals surface area contributed by atoms with Crippen LogP contribution in [0.2, 0.25) is 0 Å². The van der Waals surface area contributed by atoms with Gasteiger partial charge in [0.25, 0.3) is 5.91 Å². The van der Waals surface area contributed by atoms with Gasteiger partial charge in [0.15, 0.2) is 0 Å². The molecule has 0 aliphatic rings. The molecule has 1 rings (SSSR count). The van der Waals surface area contributed by atoms with Crippen molar-refractivity contribution in [2.24, 2.45) is 5.41 Å². The van der Waals surface area contributed by atoms with Crippen LogP contribution in [0.1, 0.15) is 42.6 Å². The monoisotopic (exact) mass is 303 g/mol. The van der Waals surface area contributed by atoms with Crippen LogP contribution < -0.4 is 5.32 Å². The zero-order chi connectivity index (χ0) is 16.1. The molecule has 0 saturated heterocycles. The number of nitrogens with one attached hydrogen (secondary N) is 1. The van der Waals surface area contributed by atoms with Gasteiger partial charge in [-0.15, -0.1) is 0 Å². The van der Waals surface area contributed by atoms with Gasteiger partial charge in [-0.25, -0.2) is 0 Å². The molecular weight excluding hydrogens is 283 g/mol. The van der Waals surface area contributed by atoms with Gasteiger partial charge in [-0.1, -0.05) is 19.9 Å². The molecule has 0 saturated carbocycles. The number of aliphatic hydroxyl groups is 1. The topological polar surface area (TPSA) is 49.3 Å². The van der Waals surface area contributed by atoms with Gasteiger partial charge in [-0.05, 0) is 36.5 Å². The van der Waals surface area contributed by atoms with Crippen LogP contribution in [0.3, 0.4) is 0 Å². The summed E-state index contributed by atoms with van der Waals surface area (Å²) in [6.45, 7) is 4.26. The highest BCUT2D eigenvalue weighted by molar-refractivity contribution is 5.94. The Morgan fingerprint density at radius 3 is 2.52 bits per heavy atom. The molecule has 0 aliphatic heterocycles. The first-order valence-corrected chi connectivity index (χ1v) is 6.72. The molecule has 0 heterocycles. The first kappa shape index (κ1) is 17.5. The summed E-state index contributed by atoms with van der Waals surface area (Å²) in [6, 6.07) is 4.35. The number of carbonyl (C=O) groups excluding carboxylic acids is 1. The summed E-state index contributed by atoms with van der Waals surface area (Å²) in [6.07, 6.45) is -3.13. The second-order valence-corrected chi connectivity index (χ2v) is 5.75. The third kappa shape index (κ3) is 5.75. The molecule has 0 bridgehead atoms. The maximum absolute atomic E-state index is 12.6. The molecule has 0 fully saturated rings. The van der Waals surface area contributed by atoms with Crippen LogP contribution in [0.25, 0.3) is 0 Å². The van der Waals surface area contributed by atoms with Crippen molar-refractivity contribution in [1.29, 1.82) is 0 Å². The van der Waals surface area contributed by atoms with E-state index in [4.69, 9.17) is 5.11 Å². The fraction of sp³-hybridized carbons (Fsp3) is 0.533. The van der Waals surface area contributed by atoms with Crippen molar-refractivity contribution in [3.8, 4) is 0 Å². The number of hydrogen-bond donors (Lipinski definition) is 2. The molecular formula is C15H20F3NO2. The van der Waals surface area contributed by atoms with E-state index in [2.05, 4.69) is 5.32 Å². The van der Waals surface area contributed by atoms with Crippen LogP contribution in [-0.2, 0) is 6.18 Å². The van der Waals surface area contributed by atoms with E-state index in [0.717, 1.165) is 12.1 Å². The van der Waals surface area contributed by atoms with E-state index in [9.17, 15) is 18.0 Å². The van der Waals surface area contributed by atoms with Gasteiger partial charge in [0.1, 0.15) is 0 Å². The summed E-state index contributed by atoms with van der Waals surface area (Å²) in [7, 11) is 0. The Labute approximate surface area is 122 Å². The van der Waals surface area contributed by atoms with Crippen LogP contribution in [0.4, 0.5) is 13.2 Å². The Hall–Kier alpha value is -1.56. The van der Waals surface area contributed by atoms with Gasteiger partial charge in [-0.2, -0.15) is 13.2 Å². The fourth-order valence-corrected chi connectivity index (χ4v) is 1.90. The normalized spacial score (nSPS) is 12.3. The van der Waals surface area contributed by atoms with E-state index in [0.29, 0.717) is 19.4 Å². The standard InChI is InChI=1S/C15H20F3NO2/c1-14(2,7-4-8-20)10-19-13(21)11-5-3-6-12(9-11)15(16,17)18/h3,5-6,9,20H,4,7-8,10H2,1-2H3,(H,19,21). The Kier molecular flexibility index (Phi) is 5.78. The Morgan fingerprint density at radius 1 is 1.29 bits per heavy atom. The lowest BCUT2D eigenvalue weighted by molar-refractivity contribution is -0.137. The van der Waals surface area contributed by atoms with Crippen molar-refractivity contribution in [1.82, 2.24) is 5.32 Å². The molecule has 0 atom stereocenters. The zero-order valence-corrected chi connectivity index (χ0v) is 12.1. The third-order valence-corrected chi connectivity index (χ3v) is 3.19. The van der Waals surface area contributed by atoms with Crippen molar-refractivity contribution in [2.75, 3.05) is 13.2 Å². The van der Waals surface area contributed by atoms with Gasteiger partial charge in [0.05, 0.1) is 5.56 Å². The second-order valence-electron chi connectivity index (χ2n) is 5.75. The minimum atomic E-state index is -4.46. The van der Waals surface area contributed by atoms with Crippen molar-refractivity contribution in [2.45, 2.75) is 32.9 Å². The number of alkyl halides is 3. The first-order valence-electron chi connectivity index (χ1n) is 6.72. The molecule has 0 aromatic heterocycles. The molecule has 2 N–H and O–H groups in total. The SMILES string of the molecule is CC(C)(CCCO)CNC(=O)c1cccc(C(F)(F)F)c1. The van der Waals surface area contributed by atoms with E-state index >= 15 is 0 Å². The van der Waals surface area contributed by atoms with Crippen LogP contribution in [0.5, 0.6) is 0 Å². The maximum atomic E-state index is 12.6. The lowest BCUT2D eigenvalue weighted by Crippen LogP contribution is -2.34. The van der Waals surface area contributed by atoms with E-state index < -0.39 is 17.6 Å². The highest BCUT2D eigenvalue weighted by Crippen LogP contribution is 2.29. The molecule has 1 amide bonds. The largest absolute Gasteiger partial charge is 0.416 e. The summed E-state index contributed by atoms with van der Waals surface area (Å²) in [5.74, 6) is -0.529. The predicted molar refractivity (Wildman–Crippen MR) is 73.9 cm³/mol. The van der Waals surface area contributed by atoms with Crippen molar-refractivity contribution in [3.63, 3.8) is 0 Å². The highest BCUT2D eigenvalue weighted by Gasteiger charge is 2.31. The van der Waals surface area contributed by atoms with Crippen molar-refractivity contribution < 1.29 is 23.1 Å². The van der Waals surface area contributed by atoms with E-state index in [1.54, 1.807) is 0 Å². The average Bonchev–Trinajstić information content (AvgIpc) is 2.42. The molecule has 21 heavy (non-hydrogen) atoms. The number of carbonyl (C=O) groups is 1. The van der Waals surface area contributed by atoms with Gasteiger partial charge in [0.2, 0.25) is 0 Å².